The zero-order valence-corrected chi connectivity index (χ0v) is 9.41. The Bertz CT molecular complexity index is 607. The average molecular weight is 253 g/mol. The second kappa shape index (κ2) is 4.56. The molecule has 0 fully saturated rings. The number of carbonyl (C=O) groups is 1. The summed E-state index contributed by atoms with van der Waals surface area (Å²) in [5.74, 6) is -2.48. The van der Waals surface area contributed by atoms with E-state index in [4.69, 9.17) is 9.63 Å². The maximum Gasteiger partial charge on any atom is 0.308 e. The lowest BCUT2D eigenvalue weighted by Crippen LogP contribution is -2.02. The van der Waals surface area contributed by atoms with Gasteiger partial charge in [0, 0.05) is 5.56 Å². The fraction of sp³-hybridized carbons (Fsp3) is 0.167. The minimum atomic E-state index is -1.10. The van der Waals surface area contributed by atoms with Gasteiger partial charge in [-0.15, -0.1) is 0 Å². The first kappa shape index (κ1) is 12.2. The molecule has 0 unspecified atom stereocenters. The molecule has 0 radical (unpaired) electrons. The Morgan fingerprint density at radius 1 is 1.44 bits per heavy atom. The van der Waals surface area contributed by atoms with Crippen molar-refractivity contribution in [2.75, 3.05) is 0 Å². The van der Waals surface area contributed by atoms with E-state index in [1.807, 2.05) is 0 Å². The van der Waals surface area contributed by atoms with E-state index in [2.05, 4.69) is 5.16 Å². The van der Waals surface area contributed by atoms with Gasteiger partial charge in [0.25, 0.3) is 0 Å². The van der Waals surface area contributed by atoms with Crippen LogP contribution in [0.5, 0.6) is 0 Å². The number of hydrogen-bond acceptors (Lipinski definition) is 3. The third-order valence-corrected chi connectivity index (χ3v) is 2.49. The van der Waals surface area contributed by atoms with Crippen molar-refractivity contribution in [1.82, 2.24) is 5.16 Å². The smallest absolute Gasteiger partial charge is 0.308 e. The molecule has 1 heterocycles. The van der Waals surface area contributed by atoms with Crippen LogP contribution in [0.3, 0.4) is 0 Å². The number of nitrogens with zero attached hydrogens (tertiary/aromatic N) is 1. The number of aliphatic carboxylic acids is 1. The lowest BCUT2D eigenvalue weighted by Gasteiger charge is -2.02. The molecule has 0 aliphatic heterocycles. The number of carboxylic acids is 1. The van der Waals surface area contributed by atoms with Gasteiger partial charge < -0.3 is 9.63 Å². The lowest BCUT2D eigenvalue weighted by molar-refractivity contribution is -0.136. The lowest BCUT2D eigenvalue weighted by atomic mass is 10.0. The molecule has 1 aromatic heterocycles. The monoisotopic (exact) mass is 253 g/mol. The average Bonchev–Trinajstić information content (AvgIpc) is 2.64. The van der Waals surface area contributed by atoms with Gasteiger partial charge in [-0.1, -0.05) is 5.16 Å². The van der Waals surface area contributed by atoms with Crippen LogP contribution in [0, 0.1) is 18.6 Å². The van der Waals surface area contributed by atoms with E-state index in [0.29, 0.717) is 5.69 Å². The van der Waals surface area contributed by atoms with Crippen LogP contribution >= 0.6 is 0 Å². The predicted octanol–water partition coefficient (Wildman–Crippen LogP) is 2.56. The number of hydrogen-bond donors (Lipinski definition) is 1. The van der Waals surface area contributed by atoms with Crippen LogP contribution in [0.25, 0.3) is 11.3 Å². The molecule has 0 saturated carbocycles. The molecule has 6 heteroatoms. The molecule has 1 N–H and O–H groups in total. The Hall–Kier alpha value is -2.24. The minimum Gasteiger partial charge on any atom is -0.481 e. The summed E-state index contributed by atoms with van der Waals surface area (Å²) >= 11 is 0. The maximum absolute atomic E-state index is 13.6. The van der Waals surface area contributed by atoms with Crippen molar-refractivity contribution in [2.45, 2.75) is 13.3 Å². The molecule has 0 aliphatic carbocycles. The quantitative estimate of drug-likeness (QED) is 0.913. The van der Waals surface area contributed by atoms with Crippen molar-refractivity contribution in [3.8, 4) is 11.3 Å². The van der Waals surface area contributed by atoms with Gasteiger partial charge in [-0.2, -0.15) is 0 Å². The van der Waals surface area contributed by atoms with Crippen molar-refractivity contribution in [3.05, 3.63) is 41.1 Å². The summed E-state index contributed by atoms with van der Waals surface area (Å²) in [5.41, 5.74) is 0.454. The van der Waals surface area contributed by atoms with Crippen LogP contribution in [-0.4, -0.2) is 16.2 Å². The standard InChI is InChI=1S/C12H9F2NO3/c1-6-8(5-11(16)17)12(18-15-6)9-4-7(13)2-3-10(9)14/h2-4H,5H2,1H3,(H,16,17). The van der Waals surface area contributed by atoms with E-state index < -0.39 is 17.6 Å². The van der Waals surface area contributed by atoms with Crippen LogP contribution in [0.15, 0.2) is 22.7 Å². The Labute approximate surface area is 101 Å². The van der Waals surface area contributed by atoms with Crippen molar-refractivity contribution in [3.63, 3.8) is 0 Å². The number of rotatable bonds is 3. The van der Waals surface area contributed by atoms with Gasteiger partial charge in [0.1, 0.15) is 11.6 Å². The van der Waals surface area contributed by atoms with Crippen molar-refractivity contribution >= 4 is 5.97 Å². The van der Waals surface area contributed by atoms with E-state index >= 15 is 0 Å². The third kappa shape index (κ3) is 2.22. The molecule has 0 amide bonds. The summed E-state index contributed by atoms with van der Waals surface area (Å²) in [6, 6.07) is 2.87. The molecule has 1 aromatic carbocycles. The highest BCUT2D eigenvalue weighted by Gasteiger charge is 2.20. The molecule has 0 saturated heterocycles. The van der Waals surface area contributed by atoms with Crippen LogP contribution in [0.4, 0.5) is 8.78 Å². The molecule has 4 nitrogen and oxygen atoms in total. The van der Waals surface area contributed by atoms with Crippen LogP contribution in [0.1, 0.15) is 11.3 Å². The number of halogens is 2. The van der Waals surface area contributed by atoms with Crippen LogP contribution < -0.4 is 0 Å². The van der Waals surface area contributed by atoms with Crippen molar-refractivity contribution < 1.29 is 23.2 Å². The number of aromatic nitrogens is 1. The molecule has 2 rings (SSSR count). The fourth-order valence-electron chi connectivity index (χ4n) is 1.63. The summed E-state index contributed by atoms with van der Waals surface area (Å²) in [6.45, 7) is 1.54. The normalized spacial score (nSPS) is 10.6. The van der Waals surface area contributed by atoms with Crippen LogP contribution in [0.2, 0.25) is 0 Å². The Balaban J connectivity index is 2.57. The summed E-state index contributed by atoms with van der Waals surface area (Å²) in [7, 11) is 0. The van der Waals surface area contributed by atoms with E-state index in [1.165, 1.54) is 0 Å². The molecule has 2 aromatic rings. The highest BCUT2D eigenvalue weighted by Crippen LogP contribution is 2.29. The molecular formula is C12H9F2NO3. The first-order valence-corrected chi connectivity index (χ1v) is 5.11. The second-order valence-electron chi connectivity index (χ2n) is 3.77. The molecule has 0 aliphatic rings. The van der Waals surface area contributed by atoms with E-state index in [1.54, 1.807) is 6.92 Å². The molecule has 0 bridgehead atoms. The van der Waals surface area contributed by atoms with Crippen LogP contribution in [-0.2, 0) is 11.2 Å². The van der Waals surface area contributed by atoms with Gasteiger partial charge in [0.05, 0.1) is 17.7 Å². The van der Waals surface area contributed by atoms with E-state index in [-0.39, 0.29) is 23.3 Å². The summed E-state index contributed by atoms with van der Waals surface area (Å²) in [5, 5.41) is 12.4. The maximum atomic E-state index is 13.6. The topological polar surface area (TPSA) is 63.3 Å². The fourth-order valence-corrected chi connectivity index (χ4v) is 1.63. The van der Waals surface area contributed by atoms with Gasteiger partial charge >= 0.3 is 5.97 Å². The Morgan fingerprint density at radius 3 is 2.83 bits per heavy atom. The first-order valence-electron chi connectivity index (χ1n) is 5.11. The highest BCUT2D eigenvalue weighted by atomic mass is 19.1. The zero-order valence-electron chi connectivity index (χ0n) is 9.41. The molecular weight excluding hydrogens is 244 g/mol. The number of aryl methyl sites for hydroxylation is 1. The van der Waals surface area contributed by atoms with Crippen molar-refractivity contribution in [1.29, 1.82) is 0 Å². The summed E-state index contributed by atoms with van der Waals surface area (Å²) < 4.78 is 31.6. The van der Waals surface area contributed by atoms with Gasteiger partial charge in [0.15, 0.2) is 5.76 Å². The predicted molar refractivity (Wildman–Crippen MR) is 57.9 cm³/mol. The first-order chi connectivity index (χ1) is 8.49. The molecule has 94 valence electrons. The Morgan fingerprint density at radius 2 is 2.17 bits per heavy atom. The largest absolute Gasteiger partial charge is 0.481 e. The third-order valence-electron chi connectivity index (χ3n) is 2.49. The highest BCUT2D eigenvalue weighted by molar-refractivity contribution is 5.75. The number of benzene rings is 1. The molecule has 0 spiro atoms. The van der Waals surface area contributed by atoms with Gasteiger partial charge in [-0.25, -0.2) is 8.78 Å². The number of carboxylic acid groups (broad SMARTS) is 1. The minimum absolute atomic E-state index is 0.0492. The summed E-state index contributed by atoms with van der Waals surface area (Å²) in [6.07, 6.45) is -0.360. The SMILES string of the molecule is Cc1noc(-c2cc(F)ccc2F)c1CC(=O)O. The second-order valence-corrected chi connectivity index (χ2v) is 3.77. The Kier molecular flexibility index (Phi) is 3.10. The van der Waals surface area contributed by atoms with Gasteiger partial charge in [-0.3, -0.25) is 4.79 Å². The van der Waals surface area contributed by atoms with Crippen molar-refractivity contribution in [2.24, 2.45) is 0 Å². The van der Waals surface area contributed by atoms with E-state index in [9.17, 15) is 13.6 Å². The zero-order chi connectivity index (χ0) is 13.3. The van der Waals surface area contributed by atoms with Gasteiger partial charge in [-0.05, 0) is 25.1 Å². The van der Waals surface area contributed by atoms with E-state index in [0.717, 1.165) is 18.2 Å². The molecule has 0 atom stereocenters. The molecule has 18 heavy (non-hydrogen) atoms. The summed E-state index contributed by atoms with van der Waals surface area (Å²) in [4.78, 5) is 10.7. The van der Waals surface area contributed by atoms with Gasteiger partial charge in [0.2, 0.25) is 0 Å².